The summed E-state index contributed by atoms with van der Waals surface area (Å²) in [6.45, 7) is 4.23. The summed E-state index contributed by atoms with van der Waals surface area (Å²) in [5.74, 6) is 0.616. The molecule has 0 saturated carbocycles. The second kappa shape index (κ2) is 5.88. The molecule has 0 aliphatic heterocycles. The number of fused-ring (bicyclic) bond motifs is 1. The summed E-state index contributed by atoms with van der Waals surface area (Å²) < 4.78 is 24.6. The van der Waals surface area contributed by atoms with Crippen LogP contribution in [0.5, 0.6) is 5.88 Å². The third-order valence-electron chi connectivity index (χ3n) is 2.94. The lowest BCUT2D eigenvalue weighted by Gasteiger charge is -2.03. The van der Waals surface area contributed by atoms with Crippen molar-refractivity contribution in [3.63, 3.8) is 0 Å². The van der Waals surface area contributed by atoms with Crippen molar-refractivity contribution in [1.82, 2.24) is 15.0 Å². The number of aryl methyl sites for hydroxylation is 1. The lowest BCUT2D eigenvalue weighted by Crippen LogP contribution is -2.00. The van der Waals surface area contributed by atoms with Gasteiger partial charge in [0.2, 0.25) is 11.8 Å². The number of rotatable bonds is 4. The normalized spacial score (nSPS) is 11.1. The number of hydrogen-bond acceptors (Lipinski definition) is 5. The molecule has 3 rings (SSSR count). The van der Waals surface area contributed by atoms with Gasteiger partial charge in [0.05, 0.1) is 17.2 Å². The Balaban J connectivity index is 2.14. The molecule has 1 aromatic carbocycles. The average Bonchev–Trinajstić information content (AvgIpc) is 2.90. The molecule has 0 unspecified atom stereocenters. The first-order chi connectivity index (χ1) is 10.6. The van der Waals surface area contributed by atoms with Gasteiger partial charge in [0.15, 0.2) is 5.52 Å². The van der Waals surface area contributed by atoms with E-state index < -0.39 is 5.82 Å². The van der Waals surface area contributed by atoms with Crippen LogP contribution in [0.4, 0.5) is 4.39 Å². The van der Waals surface area contributed by atoms with E-state index in [1.807, 2.05) is 6.92 Å². The minimum atomic E-state index is -0.425. The quantitative estimate of drug-likeness (QED) is 0.721. The highest BCUT2D eigenvalue weighted by molar-refractivity contribution is 6.33. The van der Waals surface area contributed by atoms with Gasteiger partial charge in [-0.1, -0.05) is 18.5 Å². The highest BCUT2D eigenvalue weighted by Crippen LogP contribution is 2.32. The van der Waals surface area contributed by atoms with Gasteiger partial charge in [-0.25, -0.2) is 9.37 Å². The Morgan fingerprint density at radius 1 is 1.27 bits per heavy atom. The molecule has 7 heteroatoms. The molecule has 0 saturated heterocycles. The molecule has 114 valence electrons. The van der Waals surface area contributed by atoms with Gasteiger partial charge in [-0.2, -0.15) is 9.97 Å². The minimum absolute atomic E-state index is 0.181. The molecule has 0 atom stereocenters. The van der Waals surface area contributed by atoms with Crippen LogP contribution in [0, 0.1) is 12.7 Å². The minimum Gasteiger partial charge on any atom is -0.476 e. The van der Waals surface area contributed by atoms with E-state index in [2.05, 4.69) is 15.0 Å². The van der Waals surface area contributed by atoms with Crippen LogP contribution < -0.4 is 4.74 Å². The molecule has 22 heavy (non-hydrogen) atoms. The van der Waals surface area contributed by atoms with E-state index in [0.29, 0.717) is 34.4 Å². The number of halogens is 2. The topological polar surface area (TPSA) is 61.0 Å². The highest BCUT2D eigenvalue weighted by atomic mass is 35.5. The molecule has 0 aliphatic rings. The standard InChI is InChI=1S/C15H13ClFN3O2/c1-3-6-21-14-12-15(19-8(2)18-14)22-13(20-12)10-7-9(17)4-5-11(10)16/h4-5,7H,3,6H2,1-2H3. The maximum Gasteiger partial charge on any atom is 0.254 e. The van der Waals surface area contributed by atoms with Crippen LogP contribution in [0.3, 0.4) is 0 Å². The number of benzene rings is 1. The molecule has 2 aromatic heterocycles. The molecule has 0 amide bonds. The zero-order valence-electron chi connectivity index (χ0n) is 12.1. The van der Waals surface area contributed by atoms with Crippen LogP contribution in [-0.2, 0) is 0 Å². The molecular formula is C15H13ClFN3O2. The Hall–Kier alpha value is -2.21. The smallest absolute Gasteiger partial charge is 0.254 e. The van der Waals surface area contributed by atoms with Crippen molar-refractivity contribution in [3.05, 3.63) is 34.9 Å². The Kier molecular flexibility index (Phi) is 3.94. The molecule has 5 nitrogen and oxygen atoms in total. The first-order valence-electron chi connectivity index (χ1n) is 6.82. The van der Waals surface area contributed by atoms with Crippen molar-refractivity contribution in [1.29, 1.82) is 0 Å². The van der Waals surface area contributed by atoms with Crippen LogP contribution in [0.25, 0.3) is 22.7 Å². The summed E-state index contributed by atoms with van der Waals surface area (Å²) in [5.41, 5.74) is 1.04. The van der Waals surface area contributed by atoms with E-state index in [1.54, 1.807) is 6.92 Å². The third kappa shape index (κ3) is 2.74. The summed E-state index contributed by atoms with van der Waals surface area (Å²) in [5, 5.41) is 0.341. The van der Waals surface area contributed by atoms with Gasteiger partial charge in [-0.05, 0) is 31.5 Å². The largest absolute Gasteiger partial charge is 0.476 e. The van der Waals surface area contributed by atoms with Crippen LogP contribution in [0.1, 0.15) is 19.2 Å². The Labute approximate surface area is 131 Å². The maximum atomic E-state index is 13.4. The van der Waals surface area contributed by atoms with Gasteiger partial charge in [-0.15, -0.1) is 0 Å². The van der Waals surface area contributed by atoms with Crippen molar-refractivity contribution in [3.8, 4) is 17.3 Å². The van der Waals surface area contributed by atoms with Crippen molar-refractivity contribution in [2.75, 3.05) is 6.61 Å². The predicted molar refractivity (Wildman–Crippen MR) is 80.5 cm³/mol. The number of aromatic nitrogens is 3. The third-order valence-corrected chi connectivity index (χ3v) is 3.27. The number of ether oxygens (including phenoxy) is 1. The van der Waals surface area contributed by atoms with Crippen LogP contribution in [-0.4, -0.2) is 21.6 Å². The molecule has 0 fully saturated rings. The second-order valence-electron chi connectivity index (χ2n) is 4.72. The van der Waals surface area contributed by atoms with Crippen molar-refractivity contribution >= 4 is 22.8 Å². The van der Waals surface area contributed by atoms with E-state index in [1.165, 1.54) is 18.2 Å². The lowest BCUT2D eigenvalue weighted by atomic mass is 10.2. The second-order valence-corrected chi connectivity index (χ2v) is 5.13. The Bertz CT molecular complexity index is 835. The van der Waals surface area contributed by atoms with Crippen molar-refractivity contribution < 1.29 is 13.5 Å². The van der Waals surface area contributed by atoms with E-state index in [0.717, 1.165) is 6.42 Å². The molecule has 0 bridgehead atoms. The molecular weight excluding hydrogens is 309 g/mol. The molecule has 2 heterocycles. The highest BCUT2D eigenvalue weighted by Gasteiger charge is 2.18. The molecule has 0 spiro atoms. The zero-order valence-corrected chi connectivity index (χ0v) is 12.8. The zero-order chi connectivity index (χ0) is 15.7. The lowest BCUT2D eigenvalue weighted by molar-refractivity contribution is 0.307. The molecule has 0 radical (unpaired) electrons. The molecule has 0 N–H and O–H groups in total. The van der Waals surface area contributed by atoms with Crippen molar-refractivity contribution in [2.45, 2.75) is 20.3 Å². The number of hydrogen-bond donors (Lipinski definition) is 0. The van der Waals surface area contributed by atoms with E-state index >= 15 is 0 Å². The Morgan fingerprint density at radius 2 is 2.09 bits per heavy atom. The SMILES string of the molecule is CCCOc1nc(C)nc2oc(-c3cc(F)ccc3Cl)nc12. The van der Waals surface area contributed by atoms with Crippen molar-refractivity contribution in [2.24, 2.45) is 0 Å². The van der Waals surface area contributed by atoms with Gasteiger partial charge < -0.3 is 9.15 Å². The van der Waals surface area contributed by atoms with E-state index in [4.69, 9.17) is 20.8 Å². The maximum absolute atomic E-state index is 13.4. The fourth-order valence-corrected chi connectivity index (χ4v) is 2.17. The summed E-state index contributed by atoms with van der Waals surface area (Å²) >= 11 is 6.08. The van der Waals surface area contributed by atoms with Gasteiger partial charge in [0.1, 0.15) is 11.6 Å². The van der Waals surface area contributed by atoms with Crippen LogP contribution >= 0.6 is 11.6 Å². The van der Waals surface area contributed by atoms with E-state index in [9.17, 15) is 4.39 Å². The van der Waals surface area contributed by atoms with Gasteiger partial charge in [0.25, 0.3) is 5.71 Å². The summed E-state index contributed by atoms with van der Waals surface area (Å²) in [7, 11) is 0. The van der Waals surface area contributed by atoms with Crippen LogP contribution in [0.15, 0.2) is 22.6 Å². The fraction of sp³-hybridized carbons (Fsp3) is 0.267. The monoisotopic (exact) mass is 321 g/mol. The summed E-state index contributed by atoms with van der Waals surface area (Å²) in [6, 6.07) is 3.99. The first-order valence-corrected chi connectivity index (χ1v) is 7.19. The number of nitrogens with zero attached hydrogens (tertiary/aromatic N) is 3. The van der Waals surface area contributed by atoms with Crippen LogP contribution in [0.2, 0.25) is 5.02 Å². The summed E-state index contributed by atoms with van der Waals surface area (Å²) in [4.78, 5) is 12.7. The molecule has 0 aliphatic carbocycles. The van der Waals surface area contributed by atoms with E-state index in [-0.39, 0.29) is 11.6 Å². The van der Waals surface area contributed by atoms with Gasteiger partial charge >= 0.3 is 0 Å². The Morgan fingerprint density at radius 3 is 2.86 bits per heavy atom. The predicted octanol–water partition coefficient (Wildman–Crippen LogP) is 4.17. The first kappa shape index (κ1) is 14.7. The molecule has 3 aromatic rings. The van der Waals surface area contributed by atoms with Gasteiger partial charge in [0, 0.05) is 0 Å². The average molecular weight is 322 g/mol. The summed E-state index contributed by atoms with van der Waals surface area (Å²) in [6.07, 6.45) is 0.838. The number of oxazole rings is 1. The fourth-order valence-electron chi connectivity index (χ4n) is 1.97. The van der Waals surface area contributed by atoms with Gasteiger partial charge in [-0.3, -0.25) is 0 Å².